The molecule has 1 fully saturated rings. The third-order valence-electron chi connectivity index (χ3n) is 5.86. The number of benzene rings is 2. The van der Waals surface area contributed by atoms with E-state index in [0.717, 1.165) is 34.7 Å². The lowest BCUT2D eigenvalue weighted by Crippen LogP contribution is -2.44. The molecule has 4 rings (SSSR count). The van der Waals surface area contributed by atoms with Crippen LogP contribution in [0.3, 0.4) is 0 Å². The molecule has 1 saturated heterocycles. The fourth-order valence-electron chi connectivity index (χ4n) is 4.00. The molecule has 0 unspecified atom stereocenters. The highest BCUT2D eigenvalue weighted by molar-refractivity contribution is 7.09. The Kier molecular flexibility index (Phi) is 7.81. The van der Waals surface area contributed by atoms with Crippen LogP contribution < -0.4 is 10.1 Å². The van der Waals surface area contributed by atoms with Crippen molar-refractivity contribution in [3.05, 3.63) is 86.8 Å². The minimum atomic E-state index is -0.181. The second-order valence-electron chi connectivity index (χ2n) is 8.14. The van der Waals surface area contributed by atoms with Crippen molar-refractivity contribution in [3.8, 4) is 5.75 Å². The molecule has 1 amide bonds. The standard InChI is InChI=1S/C26H27ClN2O3S/c1-19-29-23(17-33-19)16-32-24-8-3-2-5-20(24)9-10-25(30)28-18-26(11-13-31-14-12-26)21-6-4-7-22(27)15-21/h2-10,15,17H,11-14,16,18H2,1H3,(H,28,30). The zero-order chi connectivity index (χ0) is 23.1. The second kappa shape index (κ2) is 11.0. The Labute approximate surface area is 203 Å². The Balaban J connectivity index is 1.40. The fourth-order valence-corrected chi connectivity index (χ4v) is 4.79. The lowest BCUT2D eigenvalue weighted by molar-refractivity contribution is -0.116. The molecule has 172 valence electrons. The highest BCUT2D eigenvalue weighted by Crippen LogP contribution is 2.35. The maximum Gasteiger partial charge on any atom is 0.244 e. The molecule has 7 heteroatoms. The van der Waals surface area contributed by atoms with E-state index in [0.29, 0.717) is 37.1 Å². The number of nitrogens with one attached hydrogen (secondary N) is 1. The molecule has 1 aromatic heterocycles. The summed E-state index contributed by atoms with van der Waals surface area (Å²) in [4.78, 5) is 17.1. The molecule has 0 atom stereocenters. The van der Waals surface area contributed by atoms with Crippen molar-refractivity contribution in [2.24, 2.45) is 0 Å². The lowest BCUT2D eigenvalue weighted by atomic mass is 9.74. The summed E-state index contributed by atoms with van der Waals surface area (Å²) in [5.41, 5.74) is 2.70. The first-order valence-electron chi connectivity index (χ1n) is 11.0. The molecule has 0 spiro atoms. The van der Waals surface area contributed by atoms with E-state index in [4.69, 9.17) is 21.1 Å². The number of carbonyl (C=O) groups excluding carboxylic acids is 1. The Hall–Kier alpha value is -2.67. The van der Waals surface area contributed by atoms with Gasteiger partial charge in [-0.2, -0.15) is 0 Å². The summed E-state index contributed by atoms with van der Waals surface area (Å²) < 4.78 is 11.5. The van der Waals surface area contributed by atoms with Crippen molar-refractivity contribution in [1.82, 2.24) is 10.3 Å². The number of amides is 1. The molecule has 0 radical (unpaired) electrons. The van der Waals surface area contributed by atoms with Crippen LogP contribution in [0.5, 0.6) is 5.75 Å². The maximum atomic E-state index is 12.7. The van der Waals surface area contributed by atoms with Crippen LogP contribution in [0.15, 0.2) is 60.0 Å². The molecule has 0 saturated carbocycles. The molecule has 33 heavy (non-hydrogen) atoms. The first-order chi connectivity index (χ1) is 16.0. The molecule has 2 aromatic carbocycles. The number of carbonyl (C=O) groups is 1. The Morgan fingerprint density at radius 2 is 2.06 bits per heavy atom. The summed E-state index contributed by atoms with van der Waals surface area (Å²) in [6.45, 7) is 4.23. The quantitative estimate of drug-likeness (QED) is 0.427. The van der Waals surface area contributed by atoms with E-state index in [1.54, 1.807) is 23.5 Å². The van der Waals surface area contributed by atoms with Gasteiger partial charge in [0.1, 0.15) is 12.4 Å². The average Bonchev–Trinajstić information content (AvgIpc) is 3.26. The van der Waals surface area contributed by atoms with Crippen molar-refractivity contribution in [3.63, 3.8) is 0 Å². The first kappa shape index (κ1) is 23.5. The van der Waals surface area contributed by atoms with E-state index in [-0.39, 0.29) is 11.3 Å². The van der Waals surface area contributed by atoms with Crippen LogP contribution in [0.25, 0.3) is 6.08 Å². The van der Waals surface area contributed by atoms with Gasteiger partial charge in [0.05, 0.1) is 10.7 Å². The number of para-hydroxylation sites is 1. The normalized spacial score (nSPS) is 15.5. The predicted molar refractivity (Wildman–Crippen MR) is 133 cm³/mol. The Morgan fingerprint density at radius 3 is 2.82 bits per heavy atom. The molecule has 1 N–H and O–H groups in total. The summed E-state index contributed by atoms with van der Waals surface area (Å²) in [6.07, 6.45) is 5.02. The van der Waals surface area contributed by atoms with Crippen LogP contribution in [0.1, 0.15) is 34.7 Å². The third-order valence-corrected chi connectivity index (χ3v) is 6.92. The van der Waals surface area contributed by atoms with Crippen LogP contribution in [0, 0.1) is 6.92 Å². The zero-order valence-electron chi connectivity index (χ0n) is 18.6. The lowest BCUT2D eigenvalue weighted by Gasteiger charge is -2.38. The minimum Gasteiger partial charge on any atom is -0.487 e. The first-order valence-corrected chi connectivity index (χ1v) is 12.2. The smallest absolute Gasteiger partial charge is 0.244 e. The fraction of sp³-hybridized carbons (Fsp3) is 0.308. The van der Waals surface area contributed by atoms with Gasteiger partial charge in [-0.15, -0.1) is 11.3 Å². The van der Waals surface area contributed by atoms with Gasteiger partial charge in [-0.3, -0.25) is 4.79 Å². The highest BCUT2D eigenvalue weighted by atomic mass is 35.5. The summed E-state index contributed by atoms with van der Waals surface area (Å²) in [7, 11) is 0. The van der Waals surface area contributed by atoms with Gasteiger partial charge in [0, 0.05) is 47.2 Å². The minimum absolute atomic E-state index is 0.146. The predicted octanol–water partition coefficient (Wildman–Crippen LogP) is 5.56. The van der Waals surface area contributed by atoms with Gasteiger partial charge in [0.15, 0.2) is 0 Å². The molecule has 0 aliphatic carbocycles. The monoisotopic (exact) mass is 482 g/mol. The second-order valence-corrected chi connectivity index (χ2v) is 9.64. The largest absolute Gasteiger partial charge is 0.487 e. The van der Waals surface area contributed by atoms with Crippen LogP contribution in [0.4, 0.5) is 0 Å². The topological polar surface area (TPSA) is 60.5 Å². The summed E-state index contributed by atoms with van der Waals surface area (Å²) in [6, 6.07) is 15.6. The molecule has 5 nitrogen and oxygen atoms in total. The number of halogens is 1. The van der Waals surface area contributed by atoms with Gasteiger partial charge in [0.2, 0.25) is 5.91 Å². The highest BCUT2D eigenvalue weighted by Gasteiger charge is 2.34. The van der Waals surface area contributed by atoms with Gasteiger partial charge in [-0.1, -0.05) is 41.9 Å². The van der Waals surface area contributed by atoms with Gasteiger partial charge in [-0.25, -0.2) is 4.98 Å². The number of hydrogen-bond acceptors (Lipinski definition) is 5. The number of aryl methyl sites for hydroxylation is 1. The van der Waals surface area contributed by atoms with Gasteiger partial charge < -0.3 is 14.8 Å². The summed E-state index contributed by atoms with van der Waals surface area (Å²) in [5.74, 6) is 0.569. The molecule has 1 aliphatic rings. The zero-order valence-corrected chi connectivity index (χ0v) is 20.1. The number of aromatic nitrogens is 1. The third kappa shape index (κ3) is 6.22. The molecule has 0 bridgehead atoms. The van der Waals surface area contributed by atoms with E-state index >= 15 is 0 Å². The van der Waals surface area contributed by atoms with E-state index in [2.05, 4.69) is 16.4 Å². The number of hydrogen-bond donors (Lipinski definition) is 1. The van der Waals surface area contributed by atoms with Crippen LogP contribution in [-0.2, 0) is 21.6 Å². The van der Waals surface area contributed by atoms with Crippen molar-refractivity contribution in [1.29, 1.82) is 0 Å². The van der Waals surface area contributed by atoms with Gasteiger partial charge >= 0.3 is 0 Å². The van der Waals surface area contributed by atoms with E-state index in [1.807, 2.05) is 54.8 Å². The van der Waals surface area contributed by atoms with Gasteiger partial charge in [0.25, 0.3) is 0 Å². The average molecular weight is 483 g/mol. The van der Waals surface area contributed by atoms with E-state index in [9.17, 15) is 4.79 Å². The summed E-state index contributed by atoms with van der Waals surface area (Å²) >= 11 is 7.84. The number of thiazole rings is 1. The van der Waals surface area contributed by atoms with Crippen molar-refractivity contribution in [2.45, 2.75) is 31.8 Å². The summed E-state index contributed by atoms with van der Waals surface area (Å²) in [5, 5.41) is 6.80. The SMILES string of the molecule is Cc1nc(COc2ccccc2C=CC(=O)NCC2(c3cccc(Cl)c3)CCOCC2)cs1. The van der Waals surface area contributed by atoms with Gasteiger partial charge in [-0.05, 0) is 49.6 Å². The van der Waals surface area contributed by atoms with Crippen LogP contribution in [-0.4, -0.2) is 30.6 Å². The number of rotatable bonds is 8. The molecule has 1 aliphatic heterocycles. The number of nitrogens with zero attached hydrogens (tertiary/aromatic N) is 1. The van der Waals surface area contributed by atoms with E-state index in [1.165, 1.54) is 0 Å². The molecular weight excluding hydrogens is 456 g/mol. The molecule has 2 heterocycles. The van der Waals surface area contributed by atoms with Crippen molar-refractivity contribution in [2.75, 3.05) is 19.8 Å². The maximum absolute atomic E-state index is 12.7. The van der Waals surface area contributed by atoms with Crippen molar-refractivity contribution < 1.29 is 14.3 Å². The van der Waals surface area contributed by atoms with Crippen LogP contribution in [0.2, 0.25) is 5.02 Å². The molecule has 3 aromatic rings. The van der Waals surface area contributed by atoms with Crippen molar-refractivity contribution >= 4 is 34.9 Å². The Morgan fingerprint density at radius 1 is 1.24 bits per heavy atom. The number of ether oxygens (including phenoxy) is 2. The van der Waals surface area contributed by atoms with E-state index < -0.39 is 0 Å². The molecular formula is C26H27ClN2O3S. The Bertz CT molecular complexity index is 1120. The van der Waals surface area contributed by atoms with Crippen LogP contribution >= 0.6 is 22.9 Å².